The predicted molar refractivity (Wildman–Crippen MR) is 138 cm³/mol. The smallest absolute Gasteiger partial charge is 0.430 e. The first kappa shape index (κ1) is 29.8. The summed E-state index contributed by atoms with van der Waals surface area (Å²) in [7, 11) is 0. The van der Waals surface area contributed by atoms with Gasteiger partial charge in [-0.15, -0.1) is 0 Å². The summed E-state index contributed by atoms with van der Waals surface area (Å²) in [5.74, 6) is -0.183. The molecule has 1 saturated heterocycles. The molecule has 0 bridgehead atoms. The van der Waals surface area contributed by atoms with Gasteiger partial charge in [0.25, 0.3) is 5.60 Å². The molecule has 0 aliphatic carbocycles. The molecule has 1 fully saturated rings. The number of piperazine rings is 1. The van der Waals surface area contributed by atoms with Gasteiger partial charge >= 0.3 is 12.4 Å². The zero-order valence-corrected chi connectivity index (χ0v) is 22.1. The Kier molecular flexibility index (Phi) is 8.77. The number of hydrogen-bond acceptors (Lipinski definition) is 5. The van der Waals surface area contributed by atoms with Gasteiger partial charge in [0, 0.05) is 62.8 Å². The quantitative estimate of drug-likeness (QED) is 0.330. The minimum atomic E-state index is -5.98. The third kappa shape index (κ3) is 6.59. The number of alkyl halides is 6. The second kappa shape index (κ2) is 11.8. The highest BCUT2D eigenvalue weighted by Crippen LogP contribution is 2.51. The summed E-state index contributed by atoms with van der Waals surface area (Å²) >= 11 is 0. The number of ether oxygens (including phenoxy) is 1. The highest BCUT2D eigenvalue weighted by atomic mass is 19.4. The second-order valence-corrected chi connectivity index (χ2v) is 10.2. The summed E-state index contributed by atoms with van der Waals surface area (Å²) in [6.45, 7) is 8.42. The van der Waals surface area contributed by atoms with Crippen molar-refractivity contribution in [3.63, 3.8) is 0 Å². The van der Waals surface area contributed by atoms with E-state index >= 15 is 0 Å². The SMILES string of the molecule is CC(C)Oc1cc(C(O)(C(F)(F)F)C(F)(F)F)ccc1-c1ccc(CN2CCN(Cc3ccncc3)CC2)cc1. The van der Waals surface area contributed by atoms with Crippen molar-refractivity contribution in [3.8, 4) is 16.9 Å². The molecule has 0 atom stereocenters. The molecule has 11 heteroatoms. The molecule has 0 saturated carbocycles. The Balaban J connectivity index is 1.49. The number of aliphatic hydroxyl groups is 1. The van der Waals surface area contributed by atoms with Crippen molar-refractivity contribution in [1.82, 2.24) is 14.8 Å². The normalized spacial score (nSPS) is 15.9. The van der Waals surface area contributed by atoms with Crippen molar-refractivity contribution in [2.24, 2.45) is 0 Å². The van der Waals surface area contributed by atoms with Crippen LogP contribution in [-0.2, 0) is 18.7 Å². The standard InChI is InChI=1S/C29H31F6N3O2/c1-20(2)40-26-17-24(27(39,28(30,31)32)29(33,34)35)7-8-25(26)23-5-3-21(4-6-23)18-37-13-15-38(16-14-37)19-22-9-11-36-12-10-22/h3-12,17,20,39H,13-16,18-19H2,1-2H3. The summed E-state index contributed by atoms with van der Waals surface area (Å²) in [6, 6.07) is 13.7. The van der Waals surface area contributed by atoms with Gasteiger partial charge in [-0.3, -0.25) is 14.8 Å². The van der Waals surface area contributed by atoms with Gasteiger partial charge in [0.1, 0.15) is 5.75 Å². The molecule has 216 valence electrons. The maximum absolute atomic E-state index is 13.4. The Hall–Kier alpha value is -3.15. The second-order valence-electron chi connectivity index (χ2n) is 10.2. The first-order valence-electron chi connectivity index (χ1n) is 12.9. The van der Waals surface area contributed by atoms with Crippen LogP contribution in [0.4, 0.5) is 26.3 Å². The number of hydrogen-bond donors (Lipinski definition) is 1. The fraction of sp³-hybridized carbons (Fsp3) is 0.414. The van der Waals surface area contributed by atoms with E-state index in [0.717, 1.165) is 44.4 Å². The molecule has 2 heterocycles. The van der Waals surface area contributed by atoms with E-state index in [4.69, 9.17) is 4.74 Å². The van der Waals surface area contributed by atoms with Crippen LogP contribution >= 0.6 is 0 Å². The first-order valence-corrected chi connectivity index (χ1v) is 12.9. The molecule has 1 aromatic heterocycles. The number of aromatic nitrogens is 1. The van der Waals surface area contributed by atoms with E-state index in [-0.39, 0.29) is 5.75 Å². The molecule has 4 rings (SSSR count). The van der Waals surface area contributed by atoms with E-state index in [1.54, 1.807) is 38.4 Å². The summed E-state index contributed by atoms with van der Waals surface area (Å²) in [6.07, 6.45) is -8.92. The average molecular weight is 568 g/mol. The number of rotatable bonds is 8. The summed E-state index contributed by atoms with van der Waals surface area (Å²) in [4.78, 5) is 8.76. The molecule has 1 N–H and O–H groups in total. The van der Waals surface area contributed by atoms with Gasteiger partial charge in [-0.2, -0.15) is 26.3 Å². The Morgan fingerprint density at radius 3 is 1.75 bits per heavy atom. The molecule has 0 amide bonds. The Morgan fingerprint density at radius 1 is 0.775 bits per heavy atom. The Bertz CT molecular complexity index is 1240. The number of nitrogens with zero attached hydrogens (tertiary/aromatic N) is 3. The van der Waals surface area contributed by atoms with Crippen LogP contribution in [0.2, 0.25) is 0 Å². The van der Waals surface area contributed by atoms with Gasteiger partial charge in [-0.25, -0.2) is 0 Å². The molecule has 40 heavy (non-hydrogen) atoms. The molecule has 0 radical (unpaired) electrons. The first-order chi connectivity index (χ1) is 18.8. The van der Waals surface area contributed by atoms with E-state index in [2.05, 4.69) is 14.8 Å². The highest BCUT2D eigenvalue weighted by Gasteiger charge is 2.71. The highest BCUT2D eigenvalue weighted by molar-refractivity contribution is 5.71. The van der Waals surface area contributed by atoms with Crippen LogP contribution in [0.3, 0.4) is 0 Å². The van der Waals surface area contributed by atoms with Gasteiger partial charge in [-0.05, 0) is 48.7 Å². The largest absolute Gasteiger partial charge is 0.490 e. The molecule has 0 spiro atoms. The molecule has 1 aliphatic rings. The zero-order chi connectivity index (χ0) is 29.1. The van der Waals surface area contributed by atoms with E-state index in [1.807, 2.05) is 24.3 Å². The molecular formula is C29H31F6N3O2. The van der Waals surface area contributed by atoms with Crippen molar-refractivity contribution in [2.75, 3.05) is 26.2 Å². The van der Waals surface area contributed by atoms with Gasteiger partial charge in [-0.1, -0.05) is 36.4 Å². The van der Waals surface area contributed by atoms with Crippen LogP contribution in [0.15, 0.2) is 67.0 Å². The van der Waals surface area contributed by atoms with Crippen LogP contribution in [0, 0.1) is 0 Å². The lowest BCUT2D eigenvalue weighted by atomic mass is 9.90. The maximum Gasteiger partial charge on any atom is 0.430 e. The fourth-order valence-corrected chi connectivity index (χ4v) is 4.73. The Labute approximate surface area is 229 Å². The van der Waals surface area contributed by atoms with E-state index < -0.39 is 29.6 Å². The Morgan fingerprint density at radius 2 is 1.27 bits per heavy atom. The van der Waals surface area contributed by atoms with Crippen LogP contribution in [0.5, 0.6) is 5.75 Å². The number of benzene rings is 2. The third-order valence-corrected chi connectivity index (χ3v) is 6.87. The van der Waals surface area contributed by atoms with Gasteiger partial charge in [0.05, 0.1) is 6.10 Å². The maximum atomic E-state index is 13.4. The van der Waals surface area contributed by atoms with Crippen LogP contribution in [0.1, 0.15) is 30.5 Å². The van der Waals surface area contributed by atoms with Crippen molar-refractivity contribution in [1.29, 1.82) is 0 Å². The van der Waals surface area contributed by atoms with Crippen molar-refractivity contribution in [3.05, 3.63) is 83.7 Å². The number of pyridine rings is 1. The molecule has 0 unspecified atom stereocenters. The third-order valence-electron chi connectivity index (χ3n) is 6.87. The minimum absolute atomic E-state index is 0.183. The summed E-state index contributed by atoms with van der Waals surface area (Å²) < 4.78 is 86.2. The van der Waals surface area contributed by atoms with Gasteiger partial charge in [0.15, 0.2) is 0 Å². The van der Waals surface area contributed by atoms with Crippen LogP contribution in [0.25, 0.3) is 11.1 Å². The average Bonchev–Trinajstić information content (AvgIpc) is 2.89. The van der Waals surface area contributed by atoms with Gasteiger partial charge in [0.2, 0.25) is 0 Å². The van der Waals surface area contributed by atoms with Gasteiger partial charge < -0.3 is 9.84 Å². The fourth-order valence-electron chi connectivity index (χ4n) is 4.73. The number of halogens is 6. The molecule has 1 aliphatic heterocycles. The molecule has 3 aromatic rings. The van der Waals surface area contributed by atoms with E-state index in [1.165, 1.54) is 5.56 Å². The zero-order valence-electron chi connectivity index (χ0n) is 22.1. The van der Waals surface area contributed by atoms with Crippen molar-refractivity contribution < 1.29 is 36.2 Å². The lowest BCUT2D eigenvalue weighted by Crippen LogP contribution is -2.53. The van der Waals surface area contributed by atoms with Crippen molar-refractivity contribution >= 4 is 0 Å². The summed E-state index contributed by atoms with van der Waals surface area (Å²) in [5, 5.41) is 9.84. The molecule has 5 nitrogen and oxygen atoms in total. The monoisotopic (exact) mass is 567 g/mol. The topological polar surface area (TPSA) is 48.8 Å². The van der Waals surface area contributed by atoms with E-state index in [0.29, 0.717) is 29.8 Å². The summed E-state index contributed by atoms with van der Waals surface area (Å²) in [5.41, 5.74) is -3.25. The van der Waals surface area contributed by atoms with Crippen LogP contribution in [-0.4, -0.2) is 64.5 Å². The lowest BCUT2D eigenvalue weighted by molar-refractivity contribution is -0.376. The van der Waals surface area contributed by atoms with Crippen LogP contribution < -0.4 is 4.74 Å². The predicted octanol–water partition coefficient (Wildman–Crippen LogP) is 6.17. The van der Waals surface area contributed by atoms with E-state index in [9.17, 15) is 31.4 Å². The molecular weight excluding hydrogens is 536 g/mol. The molecule has 2 aromatic carbocycles. The minimum Gasteiger partial charge on any atom is -0.490 e. The van der Waals surface area contributed by atoms with Crippen molar-refractivity contribution in [2.45, 2.75) is 51.0 Å². The lowest BCUT2D eigenvalue weighted by Gasteiger charge is -2.34.